The topological polar surface area (TPSA) is 38.5 Å². The number of hydrogen-bond acceptors (Lipinski definition) is 3. The van der Waals surface area contributed by atoms with Gasteiger partial charge in [0.15, 0.2) is 0 Å². The van der Waals surface area contributed by atoms with E-state index in [4.69, 9.17) is 10.5 Å². The average molecular weight is 206 g/mol. The van der Waals surface area contributed by atoms with Crippen molar-refractivity contribution in [3.8, 4) is 5.75 Å². The lowest BCUT2D eigenvalue weighted by Gasteiger charge is -2.19. The normalized spacial score (nSPS) is 20.7. The molecule has 1 unspecified atom stereocenters. The van der Waals surface area contributed by atoms with E-state index < -0.39 is 0 Å². The molecule has 82 valence electrons. The lowest BCUT2D eigenvalue weighted by molar-refractivity contribution is 0.415. The lowest BCUT2D eigenvalue weighted by Crippen LogP contribution is -2.19. The number of methoxy groups -OCH3 is 1. The van der Waals surface area contributed by atoms with Crippen molar-refractivity contribution < 1.29 is 4.74 Å². The second-order valence-corrected chi connectivity index (χ2v) is 4.30. The summed E-state index contributed by atoms with van der Waals surface area (Å²) >= 11 is 0. The maximum Gasteiger partial charge on any atom is 0.122 e. The summed E-state index contributed by atoms with van der Waals surface area (Å²) in [5, 5.41) is 0. The summed E-state index contributed by atoms with van der Waals surface area (Å²) in [6.45, 7) is 4.52. The van der Waals surface area contributed by atoms with Gasteiger partial charge in [0.1, 0.15) is 5.75 Å². The van der Waals surface area contributed by atoms with E-state index in [1.54, 1.807) is 7.11 Å². The van der Waals surface area contributed by atoms with Crippen LogP contribution in [0, 0.1) is 5.92 Å². The van der Waals surface area contributed by atoms with Crippen LogP contribution in [0.3, 0.4) is 0 Å². The maximum absolute atomic E-state index is 5.83. The molecule has 1 fully saturated rings. The Balaban J connectivity index is 2.24. The molecule has 0 saturated carbocycles. The van der Waals surface area contributed by atoms with Gasteiger partial charge in [0, 0.05) is 36.6 Å². The molecule has 1 aromatic carbocycles. The molecule has 0 radical (unpaired) electrons. The van der Waals surface area contributed by atoms with Crippen LogP contribution in [0.4, 0.5) is 11.4 Å². The molecule has 1 saturated heterocycles. The Bertz CT molecular complexity index is 351. The fourth-order valence-electron chi connectivity index (χ4n) is 2.08. The minimum Gasteiger partial charge on any atom is -0.497 e. The Morgan fingerprint density at radius 2 is 2.20 bits per heavy atom. The number of hydrogen-bond donors (Lipinski definition) is 1. The molecule has 1 aromatic rings. The molecule has 3 heteroatoms. The Hall–Kier alpha value is -1.38. The Kier molecular flexibility index (Phi) is 2.71. The molecule has 0 aromatic heterocycles. The highest BCUT2D eigenvalue weighted by molar-refractivity contribution is 5.61. The SMILES string of the molecule is COc1cc(N)cc(N2CCC(C)C2)c1. The smallest absolute Gasteiger partial charge is 0.122 e. The van der Waals surface area contributed by atoms with E-state index in [2.05, 4.69) is 17.9 Å². The van der Waals surface area contributed by atoms with Gasteiger partial charge in [-0.1, -0.05) is 6.92 Å². The third-order valence-electron chi connectivity index (χ3n) is 2.94. The van der Waals surface area contributed by atoms with E-state index in [1.165, 1.54) is 12.1 Å². The third-order valence-corrected chi connectivity index (χ3v) is 2.94. The van der Waals surface area contributed by atoms with Crippen LogP contribution in [0.25, 0.3) is 0 Å². The lowest BCUT2D eigenvalue weighted by atomic mass is 10.2. The van der Waals surface area contributed by atoms with E-state index in [1.807, 2.05) is 12.1 Å². The molecule has 0 bridgehead atoms. The van der Waals surface area contributed by atoms with Gasteiger partial charge in [0.25, 0.3) is 0 Å². The van der Waals surface area contributed by atoms with Gasteiger partial charge in [-0.15, -0.1) is 0 Å². The van der Waals surface area contributed by atoms with Crippen molar-refractivity contribution in [3.63, 3.8) is 0 Å². The first-order chi connectivity index (χ1) is 7.19. The fraction of sp³-hybridized carbons (Fsp3) is 0.500. The summed E-state index contributed by atoms with van der Waals surface area (Å²) in [5.74, 6) is 1.61. The molecule has 1 atom stereocenters. The Labute approximate surface area is 90.8 Å². The minimum absolute atomic E-state index is 0.768. The maximum atomic E-state index is 5.83. The summed E-state index contributed by atoms with van der Waals surface area (Å²) < 4.78 is 5.22. The highest BCUT2D eigenvalue weighted by Crippen LogP contribution is 2.29. The van der Waals surface area contributed by atoms with Crippen LogP contribution in [0.1, 0.15) is 13.3 Å². The molecule has 15 heavy (non-hydrogen) atoms. The first kappa shape index (κ1) is 10.1. The molecule has 1 aliphatic heterocycles. The molecular formula is C12H18N2O. The van der Waals surface area contributed by atoms with E-state index in [9.17, 15) is 0 Å². The van der Waals surface area contributed by atoms with Gasteiger partial charge in [-0.05, 0) is 18.4 Å². The number of nitrogens with zero attached hydrogens (tertiary/aromatic N) is 1. The standard InChI is InChI=1S/C12H18N2O/c1-9-3-4-14(8-9)11-5-10(13)6-12(7-11)15-2/h5-7,9H,3-4,8,13H2,1-2H3. The molecule has 1 heterocycles. The van der Waals surface area contributed by atoms with Gasteiger partial charge in [-0.3, -0.25) is 0 Å². The number of ether oxygens (including phenoxy) is 1. The first-order valence-corrected chi connectivity index (χ1v) is 5.38. The van der Waals surface area contributed by atoms with E-state index in [0.717, 1.165) is 30.4 Å². The number of anilines is 2. The van der Waals surface area contributed by atoms with Crippen molar-refractivity contribution in [2.45, 2.75) is 13.3 Å². The predicted molar refractivity (Wildman–Crippen MR) is 63.4 cm³/mol. The van der Waals surface area contributed by atoms with Gasteiger partial charge in [-0.2, -0.15) is 0 Å². The van der Waals surface area contributed by atoms with Crippen LogP contribution in [0.2, 0.25) is 0 Å². The second kappa shape index (κ2) is 4.01. The van der Waals surface area contributed by atoms with E-state index >= 15 is 0 Å². The van der Waals surface area contributed by atoms with Gasteiger partial charge >= 0.3 is 0 Å². The summed E-state index contributed by atoms with van der Waals surface area (Å²) in [6, 6.07) is 5.91. The van der Waals surface area contributed by atoms with Crippen molar-refractivity contribution in [2.24, 2.45) is 5.92 Å². The van der Waals surface area contributed by atoms with Crippen molar-refractivity contribution >= 4 is 11.4 Å². The monoisotopic (exact) mass is 206 g/mol. The highest BCUT2D eigenvalue weighted by Gasteiger charge is 2.19. The molecule has 0 spiro atoms. The van der Waals surface area contributed by atoms with Crippen molar-refractivity contribution in [1.29, 1.82) is 0 Å². The number of nitrogens with two attached hydrogens (primary N) is 1. The summed E-state index contributed by atoms with van der Waals surface area (Å²) in [7, 11) is 1.67. The number of benzene rings is 1. The average Bonchev–Trinajstić information content (AvgIpc) is 2.64. The van der Waals surface area contributed by atoms with E-state index in [-0.39, 0.29) is 0 Å². The Morgan fingerprint density at radius 3 is 2.80 bits per heavy atom. The summed E-state index contributed by atoms with van der Waals surface area (Å²) in [4.78, 5) is 2.36. The molecule has 0 aliphatic carbocycles. The van der Waals surface area contributed by atoms with Gasteiger partial charge < -0.3 is 15.4 Å². The Morgan fingerprint density at radius 1 is 1.40 bits per heavy atom. The highest BCUT2D eigenvalue weighted by atomic mass is 16.5. The van der Waals surface area contributed by atoms with Crippen LogP contribution in [0.5, 0.6) is 5.75 Å². The third kappa shape index (κ3) is 2.17. The predicted octanol–water partition coefficient (Wildman–Crippen LogP) is 2.12. The zero-order valence-corrected chi connectivity index (χ0v) is 9.36. The van der Waals surface area contributed by atoms with Gasteiger partial charge in [-0.25, -0.2) is 0 Å². The van der Waals surface area contributed by atoms with Crippen LogP contribution in [-0.4, -0.2) is 20.2 Å². The van der Waals surface area contributed by atoms with Crippen LogP contribution < -0.4 is 15.4 Å². The fourth-order valence-corrected chi connectivity index (χ4v) is 2.08. The minimum atomic E-state index is 0.768. The van der Waals surface area contributed by atoms with E-state index in [0.29, 0.717) is 0 Å². The molecular weight excluding hydrogens is 188 g/mol. The molecule has 0 amide bonds. The summed E-state index contributed by atoms with van der Waals surface area (Å²) in [6.07, 6.45) is 1.26. The molecule has 1 aliphatic rings. The van der Waals surface area contributed by atoms with Crippen LogP contribution >= 0.6 is 0 Å². The van der Waals surface area contributed by atoms with Gasteiger partial charge in [0.05, 0.1) is 7.11 Å². The van der Waals surface area contributed by atoms with Crippen LogP contribution in [0.15, 0.2) is 18.2 Å². The van der Waals surface area contributed by atoms with Crippen molar-refractivity contribution in [1.82, 2.24) is 0 Å². The zero-order valence-electron chi connectivity index (χ0n) is 9.36. The quantitative estimate of drug-likeness (QED) is 0.753. The molecule has 2 N–H and O–H groups in total. The largest absolute Gasteiger partial charge is 0.497 e. The molecule has 2 rings (SSSR count). The number of rotatable bonds is 2. The summed E-state index contributed by atoms with van der Waals surface area (Å²) in [5.41, 5.74) is 7.78. The van der Waals surface area contributed by atoms with Crippen molar-refractivity contribution in [3.05, 3.63) is 18.2 Å². The van der Waals surface area contributed by atoms with Crippen LogP contribution in [-0.2, 0) is 0 Å². The second-order valence-electron chi connectivity index (χ2n) is 4.30. The van der Waals surface area contributed by atoms with Crippen molar-refractivity contribution in [2.75, 3.05) is 30.8 Å². The first-order valence-electron chi connectivity index (χ1n) is 5.38. The zero-order chi connectivity index (χ0) is 10.8. The molecule has 3 nitrogen and oxygen atoms in total. The van der Waals surface area contributed by atoms with Gasteiger partial charge in [0.2, 0.25) is 0 Å². The number of nitrogen functional groups attached to an aromatic ring is 1.